The molecule has 1 aliphatic carbocycles. The summed E-state index contributed by atoms with van der Waals surface area (Å²) in [4.78, 5) is 15.5. The van der Waals surface area contributed by atoms with Gasteiger partial charge in [-0.25, -0.2) is 0 Å². The number of carbonyl (C=O) groups is 1. The Morgan fingerprint density at radius 3 is 2.46 bits per heavy atom. The van der Waals surface area contributed by atoms with E-state index in [4.69, 9.17) is 0 Å². The van der Waals surface area contributed by atoms with Crippen LogP contribution in [-0.2, 0) is 23.1 Å². The number of rotatable bonds is 2. The third-order valence-corrected chi connectivity index (χ3v) is 6.03. The van der Waals surface area contributed by atoms with E-state index in [0.29, 0.717) is 6.42 Å². The van der Waals surface area contributed by atoms with E-state index in [1.807, 2.05) is 11.9 Å². The topological polar surface area (TPSA) is 20.3 Å². The van der Waals surface area contributed by atoms with Gasteiger partial charge in [-0.2, -0.15) is 0 Å². The lowest BCUT2D eigenvalue weighted by atomic mass is 9.64. The van der Waals surface area contributed by atoms with Crippen molar-refractivity contribution in [3.05, 3.63) is 100 Å². The van der Waals surface area contributed by atoms with E-state index >= 15 is 0 Å². The minimum absolute atomic E-state index is 0.188. The number of fused-ring (bicyclic) bond motifs is 2. The maximum Gasteiger partial charge on any atom is 0.242 e. The number of amides is 1. The SMILES string of the molecule is Cc1ccc(CC23C(=O)N(C)c4cccc(c42)Cc2ccccc23)cc1. The van der Waals surface area contributed by atoms with Gasteiger partial charge in [0.1, 0.15) is 5.41 Å². The zero-order valence-electron chi connectivity index (χ0n) is 15.1. The van der Waals surface area contributed by atoms with E-state index in [2.05, 4.69) is 73.7 Å². The van der Waals surface area contributed by atoms with E-state index in [-0.39, 0.29) is 5.91 Å². The second-order valence-electron chi connectivity index (χ2n) is 7.58. The highest BCUT2D eigenvalue weighted by Gasteiger charge is 2.54. The summed E-state index contributed by atoms with van der Waals surface area (Å²) in [5.74, 6) is 0.188. The maximum atomic E-state index is 13.7. The van der Waals surface area contributed by atoms with Gasteiger partial charge in [0, 0.05) is 12.7 Å². The number of likely N-dealkylation sites (N-methyl/N-ethyl adjacent to an activating group) is 1. The van der Waals surface area contributed by atoms with Gasteiger partial charge >= 0.3 is 0 Å². The third kappa shape index (κ3) is 1.90. The molecule has 26 heavy (non-hydrogen) atoms. The van der Waals surface area contributed by atoms with Crippen LogP contribution in [0.1, 0.15) is 33.4 Å². The first-order chi connectivity index (χ1) is 12.6. The summed E-state index contributed by atoms with van der Waals surface area (Å²) < 4.78 is 0. The number of anilines is 1. The Labute approximate surface area is 154 Å². The molecule has 1 atom stereocenters. The minimum atomic E-state index is -0.606. The van der Waals surface area contributed by atoms with E-state index in [0.717, 1.165) is 12.1 Å². The number of aryl methyl sites for hydroxylation is 1. The zero-order valence-corrected chi connectivity index (χ0v) is 15.1. The van der Waals surface area contributed by atoms with Gasteiger partial charge in [-0.15, -0.1) is 0 Å². The molecule has 0 spiro atoms. The molecule has 1 heterocycles. The van der Waals surface area contributed by atoms with Crippen molar-refractivity contribution in [2.75, 3.05) is 11.9 Å². The monoisotopic (exact) mass is 339 g/mol. The van der Waals surface area contributed by atoms with Crippen LogP contribution in [0, 0.1) is 6.92 Å². The van der Waals surface area contributed by atoms with Crippen molar-refractivity contribution in [1.29, 1.82) is 0 Å². The first-order valence-electron chi connectivity index (χ1n) is 9.16. The molecule has 0 bridgehead atoms. The minimum Gasteiger partial charge on any atom is -0.314 e. The standard InChI is InChI=1S/C24H21NO/c1-16-10-12-17(13-11-16)15-24-20-8-4-3-6-18(20)14-19-7-5-9-21(22(19)24)25(2)23(24)26/h3-13H,14-15H2,1-2H3. The first-order valence-corrected chi connectivity index (χ1v) is 9.16. The molecule has 0 saturated carbocycles. The summed E-state index contributed by atoms with van der Waals surface area (Å²) in [6.45, 7) is 2.10. The summed E-state index contributed by atoms with van der Waals surface area (Å²) in [6.07, 6.45) is 1.60. The summed E-state index contributed by atoms with van der Waals surface area (Å²) in [5.41, 5.74) is 7.85. The molecular formula is C24H21NO. The Morgan fingerprint density at radius 2 is 1.65 bits per heavy atom. The van der Waals surface area contributed by atoms with Crippen molar-refractivity contribution in [2.45, 2.75) is 25.2 Å². The van der Waals surface area contributed by atoms with Crippen molar-refractivity contribution in [2.24, 2.45) is 0 Å². The third-order valence-electron chi connectivity index (χ3n) is 6.03. The summed E-state index contributed by atoms with van der Waals surface area (Å²) in [7, 11) is 1.91. The van der Waals surface area contributed by atoms with Crippen LogP contribution in [0.4, 0.5) is 5.69 Å². The maximum absolute atomic E-state index is 13.7. The summed E-state index contributed by atoms with van der Waals surface area (Å²) in [5, 5.41) is 0. The molecule has 1 aliphatic heterocycles. The van der Waals surface area contributed by atoms with Crippen molar-refractivity contribution in [3.63, 3.8) is 0 Å². The highest BCUT2D eigenvalue weighted by molar-refractivity contribution is 6.11. The molecular weight excluding hydrogens is 318 g/mol. The molecule has 0 N–H and O–H groups in total. The quantitative estimate of drug-likeness (QED) is 0.677. The molecule has 0 saturated heterocycles. The zero-order chi connectivity index (χ0) is 17.9. The van der Waals surface area contributed by atoms with Gasteiger partial charge in [-0.05, 0) is 53.6 Å². The van der Waals surface area contributed by atoms with E-state index < -0.39 is 5.41 Å². The van der Waals surface area contributed by atoms with E-state index in [1.165, 1.54) is 33.4 Å². The highest BCUT2D eigenvalue weighted by Crippen LogP contribution is 2.53. The van der Waals surface area contributed by atoms with Gasteiger partial charge in [0.2, 0.25) is 5.91 Å². The van der Waals surface area contributed by atoms with Gasteiger partial charge in [0.05, 0.1) is 0 Å². The predicted octanol–water partition coefficient (Wildman–Crippen LogP) is 4.40. The van der Waals surface area contributed by atoms with Gasteiger partial charge in [-0.3, -0.25) is 4.79 Å². The Balaban J connectivity index is 1.81. The van der Waals surface area contributed by atoms with Crippen LogP contribution in [0.3, 0.4) is 0 Å². The molecule has 0 fully saturated rings. The number of hydrogen-bond acceptors (Lipinski definition) is 1. The van der Waals surface area contributed by atoms with Crippen LogP contribution in [0.2, 0.25) is 0 Å². The fraction of sp³-hybridized carbons (Fsp3) is 0.208. The van der Waals surface area contributed by atoms with E-state index in [1.54, 1.807) is 0 Å². The first kappa shape index (κ1) is 15.4. The number of hydrogen-bond donors (Lipinski definition) is 0. The number of benzene rings is 3. The predicted molar refractivity (Wildman–Crippen MR) is 105 cm³/mol. The highest BCUT2D eigenvalue weighted by atomic mass is 16.2. The summed E-state index contributed by atoms with van der Waals surface area (Å²) in [6, 6.07) is 23.4. The van der Waals surface area contributed by atoms with Crippen LogP contribution in [0.5, 0.6) is 0 Å². The molecule has 2 aliphatic rings. The lowest BCUT2D eigenvalue weighted by Gasteiger charge is -2.36. The van der Waals surface area contributed by atoms with Crippen LogP contribution in [-0.4, -0.2) is 13.0 Å². The van der Waals surface area contributed by atoms with Gasteiger partial charge in [-0.1, -0.05) is 66.2 Å². The average molecular weight is 339 g/mol. The molecule has 1 amide bonds. The van der Waals surface area contributed by atoms with Crippen LogP contribution < -0.4 is 4.90 Å². The van der Waals surface area contributed by atoms with Gasteiger partial charge in [0.25, 0.3) is 0 Å². The Kier molecular flexibility index (Phi) is 3.14. The average Bonchev–Trinajstić information content (AvgIpc) is 2.88. The van der Waals surface area contributed by atoms with Crippen LogP contribution in [0.25, 0.3) is 0 Å². The lowest BCUT2D eigenvalue weighted by molar-refractivity contribution is -0.121. The van der Waals surface area contributed by atoms with Gasteiger partial charge in [0.15, 0.2) is 0 Å². The van der Waals surface area contributed by atoms with Crippen molar-refractivity contribution < 1.29 is 4.79 Å². The molecule has 5 rings (SSSR count). The molecule has 3 aromatic rings. The second kappa shape index (κ2) is 5.31. The molecule has 0 radical (unpaired) electrons. The van der Waals surface area contributed by atoms with Crippen molar-refractivity contribution >= 4 is 11.6 Å². The second-order valence-corrected chi connectivity index (χ2v) is 7.58. The Bertz CT molecular complexity index is 1030. The Morgan fingerprint density at radius 1 is 0.923 bits per heavy atom. The molecule has 128 valence electrons. The number of nitrogens with zero attached hydrogens (tertiary/aromatic N) is 1. The molecule has 0 aromatic heterocycles. The van der Waals surface area contributed by atoms with Crippen molar-refractivity contribution in [3.8, 4) is 0 Å². The summed E-state index contributed by atoms with van der Waals surface area (Å²) >= 11 is 0. The largest absolute Gasteiger partial charge is 0.314 e. The Hall–Kier alpha value is -2.87. The van der Waals surface area contributed by atoms with Crippen molar-refractivity contribution in [1.82, 2.24) is 0 Å². The van der Waals surface area contributed by atoms with Crippen LogP contribution >= 0.6 is 0 Å². The van der Waals surface area contributed by atoms with Gasteiger partial charge < -0.3 is 4.90 Å². The van der Waals surface area contributed by atoms with Crippen LogP contribution in [0.15, 0.2) is 66.7 Å². The lowest BCUT2D eigenvalue weighted by Crippen LogP contribution is -2.44. The van der Waals surface area contributed by atoms with E-state index in [9.17, 15) is 4.79 Å². The smallest absolute Gasteiger partial charge is 0.242 e. The molecule has 1 unspecified atom stereocenters. The molecule has 2 heteroatoms. The molecule has 2 nitrogen and oxygen atoms in total. The number of carbonyl (C=O) groups excluding carboxylic acids is 1. The fourth-order valence-electron chi connectivity index (χ4n) is 4.83. The normalized spacial score (nSPS) is 20.1. The fourth-order valence-corrected chi connectivity index (χ4v) is 4.83. The molecule has 3 aromatic carbocycles.